The van der Waals surface area contributed by atoms with Crippen LogP contribution in [0.4, 0.5) is 0 Å². The second-order valence-corrected chi connectivity index (χ2v) is 4.25. The zero-order chi connectivity index (χ0) is 13.0. The highest BCUT2D eigenvalue weighted by Gasteiger charge is 2.19. The quantitative estimate of drug-likeness (QED) is 0.791. The van der Waals surface area contributed by atoms with Gasteiger partial charge in [0.25, 0.3) is 0 Å². The molecule has 1 atom stereocenters. The van der Waals surface area contributed by atoms with Gasteiger partial charge in [-0.1, -0.05) is 18.2 Å². The maximum absolute atomic E-state index is 11.7. The molecule has 96 valence electrons. The molecule has 0 aliphatic carbocycles. The van der Waals surface area contributed by atoms with Gasteiger partial charge in [-0.2, -0.15) is 0 Å². The number of hydrogen-bond donors (Lipinski definition) is 2. The number of carbonyl (C=O) groups excluding carboxylic acids is 1. The zero-order valence-electron chi connectivity index (χ0n) is 10.5. The molecular weight excluding hydrogens is 228 g/mol. The fraction of sp³-hybridized carbons (Fsp3) is 0.357. The summed E-state index contributed by atoms with van der Waals surface area (Å²) in [5.41, 5.74) is 7.84. The molecule has 0 amide bonds. The Morgan fingerprint density at radius 3 is 2.94 bits per heavy atom. The summed E-state index contributed by atoms with van der Waals surface area (Å²) >= 11 is 0. The highest BCUT2D eigenvalue weighted by Crippen LogP contribution is 2.20. The number of aromatic amines is 1. The van der Waals surface area contributed by atoms with Crippen LogP contribution in [0.3, 0.4) is 0 Å². The van der Waals surface area contributed by atoms with Crippen LogP contribution in [0.5, 0.6) is 0 Å². The van der Waals surface area contributed by atoms with Gasteiger partial charge < -0.3 is 15.5 Å². The molecule has 0 saturated heterocycles. The lowest BCUT2D eigenvalue weighted by atomic mass is 9.99. The standard InChI is InChI=1S/C14H18N2O2/c1-2-18-14(17)10(8-15)7-11-9-16-13-6-4-3-5-12(11)13/h3-6,9-10,16H,2,7-8,15H2,1H3. The van der Waals surface area contributed by atoms with Gasteiger partial charge in [-0.05, 0) is 25.0 Å². The van der Waals surface area contributed by atoms with Crippen LogP contribution in [0.25, 0.3) is 10.9 Å². The molecule has 4 heteroatoms. The summed E-state index contributed by atoms with van der Waals surface area (Å²) in [7, 11) is 0. The van der Waals surface area contributed by atoms with E-state index in [1.165, 1.54) is 0 Å². The molecule has 0 fully saturated rings. The number of ether oxygens (including phenoxy) is 1. The molecule has 3 N–H and O–H groups in total. The van der Waals surface area contributed by atoms with Crippen molar-refractivity contribution in [3.63, 3.8) is 0 Å². The molecule has 0 aliphatic rings. The number of fused-ring (bicyclic) bond motifs is 1. The van der Waals surface area contributed by atoms with E-state index in [9.17, 15) is 4.79 Å². The summed E-state index contributed by atoms with van der Waals surface area (Å²) in [5.74, 6) is -0.491. The lowest BCUT2D eigenvalue weighted by Gasteiger charge is -2.12. The average molecular weight is 246 g/mol. The predicted octanol–water partition coefficient (Wildman–Crippen LogP) is 1.85. The average Bonchev–Trinajstić information content (AvgIpc) is 2.79. The normalized spacial score (nSPS) is 12.6. The number of hydrogen-bond acceptors (Lipinski definition) is 3. The van der Waals surface area contributed by atoms with Gasteiger partial charge in [-0.15, -0.1) is 0 Å². The summed E-state index contributed by atoms with van der Waals surface area (Å²) in [5, 5.41) is 1.14. The van der Waals surface area contributed by atoms with Gasteiger partial charge in [-0.3, -0.25) is 4.79 Å². The van der Waals surface area contributed by atoms with Crippen LogP contribution in [0.1, 0.15) is 12.5 Å². The van der Waals surface area contributed by atoms with Crippen LogP contribution in [-0.4, -0.2) is 24.1 Å². The highest BCUT2D eigenvalue weighted by molar-refractivity contribution is 5.84. The molecule has 2 aromatic rings. The Morgan fingerprint density at radius 2 is 2.22 bits per heavy atom. The topological polar surface area (TPSA) is 68.1 Å². The monoisotopic (exact) mass is 246 g/mol. The predicted molar refractivity (Wildman–Crippen MR) is 71.2 cm³/mol. The number of aromatic nitrogens is 1. The van der Waals surface area contributed by atoms with Crippen LogP contribution in [0.15, 0.2) is 30.5 Å². The van der Waals surface area contributed by atoms with E-state index in [2.05, 4.69) is 4.98 Å². The van der Waals surface area contributed by atoms with E-state index in [1.54, 1.807) is 6.92 Å². The Morgan fingerprint density at radius 1 is 1.44 bits per heavy atom. The Labute approximate surface area is 106 Å². The van der Waals surface area contributed by atoms with Crippen LogP contribution in [0, 0.1) is 5.92 Å². The smallest absolute Gasteiger partial charge is 0.310 e. The van der Waals surface area contributed by atoms with Gasteiger partial charge in [0.05, 0.1) is 12.5 Å². The fourth-order valence-corrected chi connectivity index (χ4v) is 2.09. The number of esters is 1. The third-order valence-corrected chi connectivity index (χ3v) is 3.05. The lowest BCUT2D eigenvalue weighted by Crippen LogP contribution is -2.27. The molecule has 0 bridgehead atoms. The van der Waals surface area contributed by atoms with E-state index in [4.69, 9.17) is 10.5 Å². The van der Waals surface area contributed by atoms with Crippen molar-refractivity contribution in [1.29, 1.82) is 0 Å². The number of rotatable bonds is 5. The molecule has 1 heterocycles. The molecular formula is C14H18N2O2. The number of nitrogens with one attached hydrogen (secondary N) is 1. The summed E-state index contributed by atoms with van der Waals surface area (Å²) in [6.07, 6.45) is 2.55. The highest BCUT2D eigenvalue weighted by atomic mass is 16.5. The zero-order valence-corrected chi connectivity index (χ0v) is 10.5. The second kappa shape index (κ2) is 5.69. The summed E-state index contributed by atoms with van der Waals surface area (Å²) in [4.78, 5) is 14.9. The Hall–Kier alpha value is -1.81. The molecule has 0 radical (unpaired) electrons. The van der Waals surface area contributed by atoms with Crippen LogP contribution < -0.4 is 5.73 Å². The van der Waals surface area contributed by atoms with Crippen molar-refractivity contribution in [2.45, 2.75) is 13.3 Å². The largest absolute Gasteiger partial charge is 0.466 e. The van der Waals surface area contributed by atoms with Crippen molar-refractivity contribution in [2.24, 2.45) is 11.7 Å². The number of carbonyl (C=O) groups is 1. The third-order valence-electron chi connectivity index (χ3n) is 3.05. The summed E-state index contributed by atoms with van der Waals surface area (Å²) in [6.45, 7) is 2.50. The fourth-order valence-electron chi connectivity index (χ4n) is 2.09. The first-order valence-electron chi connectivity index (χ1n) is 6.18. The van der Waals surface area contributed by atoms with E-state index < -0.39 is 0 Å². The molecule has 4 nitrogen and oxygen atoms in total. The summed E-state index contributed by atoms with van der Waals surface area (Å²) in [6, 6.07) is 8.02. The molecule has 18 heavy (non-hydrogen) atoms. The van der Waals surface area contributed by atoms with Crippen molar-refractivity contribution in [2.75, 3.05) is 13.2 Å². The van der Waals surface area contributed by atoms with Crippen LogP contribution in [0.2, 0.25) is 0 Å². The van der Waals surface area contributed by atoms with Crippen molar-refractivity contribution in [3.8, 4) is 0 Å². The van der Waals surface area contributed by atoms with E-state index in [1.807, 2.05) is 30.5 Å². The van der Waals surface area contributed by atoms with Crippen LogP contribution >= 0.6 is 0 Å². The Bertz CT molecular complexity index is 533. The minimum atomic E-state index is -0.274. The third kappa shape index (κ3) is 2.54. The SMILES string of the molecule is CCOC(=O)C(CN)Cc1c[nH]c2ccccc12. The van der Waals surface area contributed by atoms with Crippen LogP contribution in [-0.2, 0) is 16.0 Å². The molecule has 1 aromatic carbocycles. The van der Waals surface area contributed by atoms with Gasteiger partial charge in [0.2, 0.25) is 0 Å². The Kier molecular flexibility index (Phi) is 3.99. The molecule has 1 unspecified atom stereocenters. The lowest BCUT2D eigenvalue weighted by molar-refractivity contribution is -0.147. The minimum absolute atomic E-state index is 0.217. The van der Waals surface area contributed by atoms with Gasteiger partial charge in [0, 0.05) is 23.6 Å². The summed E-state index contributed by atoms with van der Waals surface area (Å²) < 4.78 is 5.03. The maximum atomic E-state index is 11.7. The molecule has 1 aromatic heterocycles. The van der Waals surface area contributed by atoms with E-state index in [-0.39, 0.29) is 11.9 Å². The van der Waals surface area contributed by atoms with Gasteiger partial charge in [0.1, 0.15) is 0 Å². The number of benzene rings is 1. The number of nitrogens with two attached hydrogens (primary N) is 1. The molecule has 2 rings (SSSR count). The van der Waals surface area contributed by atoms with Crippen molar-refractivity contribution in [1.82, 2.24) is 4.98 Å². The van der Waals surface area contributed by atoms with E-state index >= 15 is 0 Å². The van der Waals surface area contributed by atoms with Crippen molar-refractivity contribution in [3.05, 3.63) is 36.0 Å². The van der Waals surface area contributed by atoms with Crippen molar-refractivity contribution < 1.29 is 9.53 Å². The molecule has 0 aliphatic heterocycles. The first kappa shape index (κ1) is 12.6. The Balaban J connectivity index is 2.19. The maximum Gasteiger partial charge on any atom is 0.310 e. The molecule has 0 spiro atoms. The first-order valence-corrected chi connectivity index (χ1v) is 6.18. The molecule has 0 saturated carbocycles. The van der Waals surface area contributed by atoms with Crippen molar-refractivity contribution >= 4 is 16.9 Å². The second-order valence-electron chi connectivity index (χ2n) is 4.25. The van der Waals surface area contributed by atoms with Gasteiger partial charge >= 0.3 is 5.97 Å². The number of para-hydroxylation sites is 1. The van der Waals surface area contributed by atoms with Gasteiger partial charge in [0.15, 0.2) is 0 Å². The van der Waals surface area contributed by atoms with Gasteiger partial charge in [-0.25, -0.2) is 0 Å². The first-order chi connectivity index (χ1) is 8.76. The van der Waals surface area contributed by atoms with E-state index in [0.717, 1.165) is 16.5 Å². The van der Waals surface area contributed by atoms with E-state index in [0.29, 0.717) is 19.6 Å². The number of H-pyrrole nitrogens is 1. The minimum Gasteiger partial charge on any atom is -0.466 e.